The molecule has 1 unspecified atom stereocenters. The second-order valence-electron chi connectivity index (χ2n) is 8.41. The normalized spacial score (nSPS) is 16.1. The molecule has 1 aliphatic carbocycles. The predicted molar refractivity (Wildman–Crippen MR) is 129 cm³/mol. The molecule has 5 rings (SSSR count). The average molecular weight is 475 g/mol. The summed E-state index contributed by atoms with van der Waals surface area (Å²) in [6.07, 6.45) is 0. The standard InChI is InChI=1S/C27H23ClN2O4/c1-34-27(33)24(21-8-4-5-9-23(21)28)29-12-14-30(15-13-29)26(32)17-10-11-19-18-6-2-3-7-20(18)25(31)22(19)16-17/h2-11,16,24H,12-15H2,1H3. The Labute approximate surface area is 202 Å². The Morgan fingerprint density at radius 2 is 1.50 bits per heavy atom. The van der Waals surface area contributed by atoms with Crippen LogP contribution in [-0.2, 0) is 9.53 Å². The zero-order valence-electron chi connectivity index (χ0n) is 18.7. The Hall–Kier alpha value is -3.48. The minimum Gasteiger partial charge on any atom is -0.468 e. The Morgan fingerprint density at radius 1 is 0.853 bits per heavy atom. The van der Waals surface area contributed by atoms with Gasteiger partial charge in [0.15, 0.2) is 5.78 Å². The average Bonchev–Trinajstić information content (AvgIpc) is 3.16. The van der Waals surface area contributed by atoms with Crippen LogP contribution in [0.4, 0.5) is 0 Å². The highest BCUT2D eigenvalue weighted by molar-refractivity contribution is 6.31. The molecule has 3 aromatic carbocycles. The maximum Gasteiger partial charge on any atom is 0.327 e. The Morgan fingerprint density at radius 3 is 2.21 bits per heavy atom. The van der Waals surface area contributed by atoms with Crippen LogP contribution in [0.15, 0.2) is 66.7 Å². The molecule has 1 atom stereocenters. The molecular formula is C27H23ClN2O4. The summed E-state index contributed by atoms with van der Waals surface area (Å²) in [5.74, 6) is -0.561. The van der Waals surface area contributed by atoms with Crippen molar-refractivity contribution in [2.75, 3.05) is 33.3 Å². The van der Waals surface area contributed by atoms with E-state index in [0.29, 0.717) is 53.5 Å². The van der Waals surface area contributed by atoms with Gasteiger partial charge in [-0.05, 0) is 34.9 Å². The maximum absolute atomic E-state index is 13.3. The molecule has 0 bridgehead atoms. The molecule has 1 heterocycles. The van der Waals surface area contributed by atoms with Gasteiger partial charge in [0.1, 0.15) is 6.04 Å². The van der Waals surface area contributed by atoms with Crippen molar-refractivity contribution < 1.29 is 19.1 Å². The summed E-state index contributed by atoms with van der Waals surface area (Å²) in [6, 6.07) is 19.4. The fraction of sp³-hybridized carbons (Fsp3) is 0.222. The number of methoxy groups -OCH3 is 1. The van der Waals surface area contributed by atoms with Gasteiger partial charge in [-0.1, -0.05) is 60.1 Å². The smallest absolute Gasteiger partial charge is 0.327 e. The lowest BCUT2D eigenvalue weighted by Crippen LogP contribution is -2.51. The number of esters is 1. The monoisotopic (exact) mass is 474 g/mol. The zero-order valence-corrected chi connectivity index (χ0v) is 19.4. The van der Waals surface area contributed by atoms with E-state index < -0.39 is 6.04 Å². The number of ether oxygens (including phenoxy) is 1. The lowest BCUT2D eigenvalue weighted by atomic mass is 10.0. The molecule has 1 saturated heterocycles. The lowest BCUT2D eigenvalue weighted by molar-refractivity contribution is -0.148. The number of carbonyl (C=O) groups is 3. The van der Waals surface area contributed by atoms with E-state index in [9.17, 15) is 14.4 Å². The number of piperazine rings is 1. The van der Waals surface area contributed by atoms with Crippen LogP contribution in [0.25, 0.3) is 11.1 Å². The molecule has 3 aromatic rings. The number of nitrogens with zero attached hydrogens (tertiary/aromatic N) is 2. The van der Waals surface area contributed by atoms with Crippen molar-refractivity contribution in [3.05, 3.63) is 94.0 Å². The second kappa shape index (κ2) is 9.05. The van der Waals surface area contributed by atoms with Gasteiger partial charge in [-0.2, -0.15) is 0 Å². The van der Waals surface area contributed by atoms with Crippen molar-refractivity contribution in [3.63, 3.8) is 0 Å². The fourth-order valence-electron chi connectivity index (χ4n) is 4.81. The first-order valence-corrected chi connectivity index (χ1v) is 11.5. The van der Waals surface area contributed by atoms with Gasteiger partial charge in [-0.15, -0.1) is 0 Å². The Bertz CT molecular complexity index is 1300. The molecule has 0 radical (unpaired) electrons. The summed E-state index contributed by atoms with van der Waals surface area (Å²) >= 11 is 6.36. The topological polar surface area (TPSA) is 66.9 Å². The molecule has 1 fully saturated rings. The molecule has 34 heavy (non-hydrogen) atoms. The first kappa shape index (κ1) is 22.3. The van der Waals surface area contributed by atoms with Crippen molar-refractivity contribution in [1.82, 2.24) is 9.80 Å². The molecule has 172 valence electrons. The van der Waals surface area contributed by atoms with Gasteiger partial charge in [0, 0.05) is 47.9 Å². The van der Waals surface area contributed by atoms with Crippen molar-refractivity contribution in [2.24, 2.45) is 0 Å². The zero-order chi connectivity index (χ0) is 23.8. The number of halogens is 1. The van der Waals surface area contributed by atoms with Crippen LogP contribution >= 0.6 is 11.6 Å². The van der Waals surface area contributed by atoms with E-state index in [2.05, 4.69) is 0 Å². The highest BCUT2D eigenvalue weighted by Crippen LogP contribution is 2.37. The quantitative estimate of drug-likeness (QED) is 0.414. The van der Waals surface area contributed by atoms with Crippen LogP contribution in [0, 0.1) is 0 Å². The lowest BCUT2D eigenvalue weighted by Gasteiger charge is -2.38. The summed E-state index contributed by atoms with van der Waals surface area (Å²) < 4.78 is 5.05. The van der Waals surface area contributed by atoms with Gasteiger partial charge in [-0.25, -0.2) is 4.79 Å². The van der Waals surface area contributed by atoms with Crippen molar-refractivity contribution >= 4 is 29.3 Å². The SMILES string of the molecule is COC(=O)C(c1ccccc1Cl)N1CCN(C(=O)c2ccc3c(c2)C(=O)c2ccccc2-3)CC1. The van der Waals surface area contributed by atoms with E-state index in [1.807, 2.05) is 53.4 Å². The highest BCUT2D eigenvalue weighted by Gasteiger charge is 2.34. The van der Waals surface area contributed by atoms with Gasteiger partial charge < -0.3 is 9.64 Å². The van der Waals surface area contributed by atoms with Crippen LogP contribution in [0.3, 0.4) is 0 Å². The van der Waals surface area contributed by atoms with Crippen LogP contribution in [0.2, 0.25) is 5.02 Å². The van der Waals surface area contributed by atoms with Crippen LogP contribution in [0.5, 0.6) is 0 Å². The number of benzene rings is 3. The molecule has 6 nitrogen and oxygen atoms in total. The first-order valence-electron chi connectivity index (χ1n) is 11.1. The van der Waals surface area contributed by atoms with E-state index in [4.69, 9.17) is 16.3 Å². The molecule has 0 saturated carbocycles. The van der Waals surface area contributed by atoms with Crippen LogP contribution < -0.4 is 0 Å². The van der Waals surface area contributed by atoms with E-state index in [1.54, 1.807) is 23.1 Å². The molecule has 7 heteroatoms. The van der Waals surface area contributed by atoms with Crippen LogP contribution in [0.1, 0.15) is 37.9 Å². The van der Waals surface area contributed by atoms with E-state index in [1.165, 1.54) is 7.11 Å². The van der Waals surface area contributed by atoms with E-state index in [-0.39, 0.29) is 17.7 Å². The highest BCUT2D eigenvalue weighted by atomic mass is 35.5. The summed E-state index contributed by atoms with van der Waals surface area (Å²) in [5, 5.41) is 0.500. The number of rotatable bonds is 4. The summed E-state index contributed by atoms with van der Waals surface area (Å²) in [4.78, 5) is 42.4. The first-order chi connectivity index (χ1) is 16.5. The number of fused-ring (bicyclic) bond motifs is 3. The summed E-state index contributed by atoms with van der Waals surface area (Å²) in [5.41, 5.74) is 4.18. The second-order valence-corrected chi connectivity index (χ2v) is 8.82. The molecule has 0 N–H and O–H groups in total. The summed E-state index contributed by atoms with van der Waals surface area (Å²) in [7, 11) is 1.36. The number of carbonyl (C=O) groups excluding carboxylic acids is 3. The van der Waals surface area contributed by atoms with Crippen molar-refractivity contribution in [3.8, 4) is 11.1 Å². The molecular weight excluding hydrogens is 452 g/mol. The Balaban J connectivity index is 1.32. The third kappa shape index (κ3) is 3.79. The molecule has 0 spiro atoms. The summed E-state index contributed by atoms with van der Waals surface area (Å²) in [6.45, 7) is 1.88. The van der Waals surface area contributed by atoms with Crippen LogP contribution in [-0.4, -0.2) is 60.7 Å². The van der Waals surface area contributed by atoms with Gasteiger partial charge in [0.25, 0.3) is 5.91 Å². The number of hydrogen-bond donors (Lipinski definition) is 0. The van der Waals surface area contributed by atoms with Crippen molar-refractivity contribution in [1.29, 1.82) is 0 Å². The van der Waals surface area contributed by atoms with E-state index >= 15 is 0 Å². The molecule has 1 amide bonds. The Kier molecular flexibility index (Phi) is 5.94. The third-order valence-corrected chi connectivity index (χ3v) is 6.91. The van der Waals surface area contributed by atoms with Gasteiger partial charge in [0.05, 0.1) is 7.11 Å². The van der Waals surface area contributed by atoms with Gasteiger partial charge in [-0.3, -0.25) is 14.5 Å². The number of hydrogen-bond acceptors (Lipinski definition) is 5. The van der Waals surface area contributed by atoms with Gasteiger partial charge in [0.2, 0.25) is 0 Å². The largest absolute Gasteiger partial charge is 0.468 e. The van der Waals surface area contributed by atoms with Gasteiger partial charge >= 0.3 is 5.97 Å². The maximum atomic E-state index is 13.3. The number of amides is 1. The van der Waals surface area contributed by atoms with E-state index in [0.717, 1.165) is 11.1 Å². The van der Waals surface area contributed by atoms with Crippen molar-refractivity contribution in [2.45, 2.75) is 6.04 Å². The minimum absolute atomic E-state index is 0.0503. The third-order valence-electron chi connectivity index (χ3n) is 6.56. The fourth-order valence-corrected chi connectivity index (χ4v) is 5.05. The number of ketones is 1. The predicted octanol–water partition coefficient (Wildman–Crippen LogP) is 4.22. The molecule has 2 aliphatic rings. The molecule has 0 aromatic heterocycles. The minimum atomic E-state index is -0.632. The molecule has 1 aliphatic heterocycles.